The highest BCUT2D eigenvalue weighted by atomic mass is 16.5. The number of nitrogens with one attached hydrogen (secondary N) is 1. The number of aromatic amines is 1. The van der Waals surface area contributed by atoms with E-state index in [0.717, 1.165) is 11.1 Å². The summed E-state index contributed by atoms with van der Waals surface area (Å²) in [5, 5.41) is 4.04. The number of rotatable bonds is 6. The highest BCUT2D eigenvalue weighted by Crippen LogP contribution is 2.04. The van der Waals surface area contributed by atoms with Gasteiger partial charge in [0.1, 0.15) is 6.61 Å². The Hall–Kier alpha value is -3.15. The number of H-pyrrole nitrogens is 1. The van der Waals surface area contributed by atoms with Gasteiger partial charge in [0.05, 0.1) is 6.54 Å². The molecule has 0 saturated carbocycles. The molecular weight excluding hydrogens is 306 g/mol. The van der Waals surface area contributed by atoms with Gasteiger partial charge in [-0.2, -0.15) is 0 Å². The van der Waals surface area contributed by atoms with Gasteiger partial charge >= 0.3 is 11.2 Å². The number of benzene rings is 2. The quantitative estimate of drug-likeness (QED) is 0.750. The van der Waals surface area contributed by atoms with Crippen LogP contribution in [0.4, 0.5) is 0 Å². The maximum absolute atomic E-state index is 11.9. The summed E-state index contributed by atoms with van der Waals surface area (Å²) in [7, 11) is 0. The highest BCUT2D eigenvalue weighted by Gasteiger charge is 2.08. The van der Waals surface area contributed by atoms with Crippen molar-refractivity contribution < 1.29 is 4.74 Å². The molecule has 0 aliphatic carbocycles. The number of ether oxygens (including phenoxy) is 1. The van der Waals surface area contributed by atoms with Gasteiger partial charge in [0, 0.05) is 0 Å². The summed E-state index contributed by atoms with van der Waals surface area (Å²) in [4.78, 5) is 26.0. The van der Waals surface area contributed by atoms with E-state index in [2.05, 4.69) is 10.1 Å². The molecular formula is C18H17N3O3. The Morgan fingerprint density at radius 1 is 0.917 bits per heavy atom. The first-order valence-electron chi connectivity index (χ1n) is 7.64. The minimum Gasteiger partial charge on any atom is -0.468 e. The minimum atomic E-state index is -0.619. The molecule has 0 unspecified atom stereocenters. The van der Waals surface area contributed by atoms with Gasteiger partial charge in [0.15, 0.2) is 0 Å². The van der Waals surface area contributed by atoms with E-state index in [0.29, 0.717) is 13.0 Å². The molecule has 0 radical (unpaired) electrons. The number of aryl methyl sites for hydroxylation is 2. The van der Waals surface area contributed by atoms with Gasteiger partial charge in [-0.05, 0) is 17.5 Å². The van der Waals surface area contributed by atoms with Crippen LogP contribution >= 0.6 is 0 Å². The van der Waals surface area contributed by atoms with E-state index in [9.17, 15) is 9.59 Å². The molecule has 0 fully saturated rings. The SMILES string of the molecule is O=c1[nH]c(=O)n(CCc2ccccc2)nc1OCc1ccccc1. The maximum atomic E-state index is 11.9. The third-order valence-electron chi connectivity index (χ3n) is 3.53. The third-order valence-corrected chi connectivity index (χ3v) is 3.53. The van der Waals surface area contributed by atoms with Gasteiger partial charge in [-0.15, -0.1) is 5.10 Å². The lowest BCUT2D eigenvalue weighted by Gasteiger charge is -2.08. The summed E-state index contributed by atoms with van der Waals surface area (Å²) in [6.45, 7) is 0.579. The Morgan fingerprint density at radius 2 is 1.54 bits per heavy atom. The largest absolute Gasteiger partial charge is 0.468 e. The summed E-state index contributed by atoms with van der Waals surface area (Å²) in [5.41, 5.74) is 0.847. The number of aromatic nitrogens is 3. The van der Waals surface area contributed by atoms with Crippen LogP contribution in [0.5, 0.6) is 5.88 Å². The average Bonchev–Trinajstić information content (AvgIpc) is 2.62. The predicted molar refractivity (Wildman–Crippen MR) is 90.0 cm³/mol. The molecule has 3 aromatic rings. The van der Waals surface area contributed by atoms with Crippen LogP contribution in [-0.2, 0) is 19.6 Å². The monoisotopic (exact) mass is 323 g/mol. The van der Waals surface area contributed by atoms with E-state index in [1.807, 2.05) is 60.7 Å². The van der Waals surface area contributed by atoms with Crippen molar-refractivity contribution in [3.8, 4) is 5.88 Å². The molecule has 0 aliphatic rings. The van der Waals surface area contributed by atoms with E-state index < -0.39 is 11.2 Å². The van der Waals surface area contributed by atoms with E-state index in [1.54, 1.807) is 0 Å². The topological polar surface area (TPSA) is 77.0 Å². The fourth-order valence-electron chi connectivity index (χ4n) is 2.27. The molecule has 6 nitrogen and oxygen atoms in total. The van der Waals surface area contributed by atoms with E-state index in [4.69, 9.17) is 4.74 Å². The van der Waals surface area contributed by atoms with Gasteiger partial charge in [-0.1, -0.05) is 60.7 Å². The van der Waals surface area contributed by atoms with Crippen molar-refractivity contribution in [1.29, 1.82) is 0 Å². The van der Waals surface area contributed by atoms with Crippen molar-refractivity contribution in [3.05, 3.63) is 92.6 Å². The lowest BCUT2D eigenvalue weighted by atomic mass is 10.1. The van der Waals surface area contributed by atoms with Gasteiger partial charge < -0.3 is 4.74 Å². The highest BCUT2D eigenvalue weighted by molar-refractivity contribution is 5.15. The lowest BCUT2D eigenvalue weighted by Crippen LogP contribution is -2.33. The Bertz CT molecular complexity index is 829. The van der Waals surface area contributed by atoms with Crippen LogP contribution in [-0.4, -0.2) is 14.8 Å². The molecule has 6 heteroatoms. The fraction of sp³-hybridized carbons (Fsp3) is 0.167. The molecule has 1 aromatic heterocycles. The van der Waals surface area contributed by atoms with Crippen molar-refractivity contribution >= 4 is 0 Å². The molecule has 0 atom stereocenters. The maximum Gasteiger partial charge on any atom is 0.344 e. The minimum absolute atomic E-state index is 0.105. The molecule has 122 valence electrons. The normalized spacial score (nSPS) is 10.5. The first-order valence-corrected chi connectivity index (χ1v) is 7.64. The summed E-state index contributed by atoms with van der Waals surface area (Å²) >= 11 is 0. The molecule has 0 saturated heterocycles. The first kappa shape index (κ1) is 15.7. The zero-order valence-corrected chi connectivity index (χ0v) is 13.0. The van der Waals surface area contributed by atoms with Crippen LogP contribution in [0.3, 0.4) is 0 Å². The summed E-state index contributed by atoms with van der Waals surface area (Å²) in [6.07, 6.45) is 0.637. The molecule has 1 heterocycles. The Balaban J connectivity index is 1.73. The van der Waals surface area contributed by atoms with Crippen LogP contribution in [0.1, 0.15) is 11.1 Å². The molecule has 0 spiro atoms. The van der Waals surface area contributed by atoms with Crippen molar-refractivity contribution in [2.75, 3.05) is 0 Å². The Morgan fingerprint density at radius 3 is 2.21 bits per heavy atom. The second kappa shape index (κ2) is 7.41. The van der Waals surface area contributed by atoms with Crippen molar-refractivity contribution in [2.45, 2.75) is 19.6 Å². The predicted octanol–water partition coefficient (Wildman–Crippen LogP) is 1.75. The molecule has 3 rings (SSSR count). The second-order valence-electron chi connectivity index (χ2n) is 5.30. The van der Waals surface area contributed by atoms with Crippen LogP contribution < -0.4 is 16.0 Å². The van der Waals surface area contributed by atoms with Gasteiger partial charge in [-0.3, -0.25) is 9.78 Å². The molecule has 2 aromatic carbocycles. The molecule has 0 bridgehead atoms. The van der Waals surface area contributed by atoms with E-state index in [-0.39, 0.29) is 12.5 Å². The van der Waals surface area contributed by atoms with Gasteiger partial charge in [0.2, 0.25) is 0 Å². The Kier molecular flexibility index (Phi) is 4.86. The Labute approximate surface area is 138 Å². The summed E-state index contributed by atoms with van der Waals surface area (Å²) < 4.78 is 6.67. The molecule has 24 heavy (non-hydrogen) atoms. The van der Waals surface area contributed by atoms with Crippen molar-refractivity contribution in [3.63, 3.8) is 0 Å². The van der Waals surface area contributed by atoms with Crippen LogP contribution in [0.2, 0.25) is 0 Å². The van der Waals surface area contributed by atoms with Gasteiger partial charge in [-0.25, -0.2) is 9.48 Å². The first-order chi connectivity index (χ1) is 11.7. The van der Waals surface area contributed by atoms with Crippen molar-refractivity contribution in [1.82, 2.24) is 14.8 Å². The number of nitrogens with zero attached hydrogens (tertiary/aromatic N) is 2. The number of hydrogen-bond donors (Lipinski definition) is 1. The second-order valence-corrected chi connectivity index (χ2v) is 5.30. The van der Waals surface area contributed by atoms with Gasteiger partial charge in [0.25, 0.3) is 5.88 Å². The zero-order valence-electron chi connectivity index (χ0n) is 13.0. The molecule has 0 aliphatic heterocycles. The van der Waals surface area contributed by atoms with E-state index >= 15 is 0 Å². The molecule has 1 N–H and O–H groups in total. The number of hydrogen-bond acceptors (Lipinski definition) is 4. The van der Waals surface area contributed by atoms with Crippen molar-refractivity contribution in [2.24, 2.45) is 0 Å². The fourth-order valence-corrected chi connectivity index (χ4v) is 2.27. The average molecular weight is 323 g/mol. The summed E-state index contributed by atoms with van der Waals surface area (Å²) in [5.74, 6) is -0.105. The molecule has 0 amide bonds. The lowest BCUT2D eigenvalue weighted by molar-refractivity contribution is 0.275. The smallest absolute Gasteiger partial charge is 0.344 e. The standard InChI is InChI=1S/C18H17N3O3/c22-16-17(24-13-15-9-5-2-6-10-15)20-21(18(23)19-16)12-11-14-7-3-1-4-8-14/h1-10H,11-13H2,(H,19,22,23). The summed E-state index contributed by atoms with van der Waals surface area (Å²) in [6, 6.07) is 19.2. The van der Waals surface area contributed by atoms with Crippen LogP contribution in [0, 0.1) is 0 Å². The third kappa shape index (κ3) is 3.98. The van der Waals surface area contributed by atoms with Crippen LogP contribution in [0.25, 0.3) is 0 Å². The zero-order chi connectivity index (χ0) is 16.8. The van der Waals surface area contributed by atoms with E-state index in [1.165, 1.54) is 4.68 Å². The van der Waals surface area contributed by atoms with Crippen LogP contribution in [0.15, 0.2) is 70.3 Å².